The fraction of sp³-hybridized carbons (Fsp3) is 0.971. The number of unbranched alkanes of at least 4 members (excludes halogenated alkanes) is 8. The van der Waals surface area contributed by atoms with Crippen molar-refractivity contribution in [3.8, 4) is 0 Å². The largest absolute Gasteiger partial charge is 0.741 e. The maximum Gasteiger partial charge on any atom is 0.485 e. The van der Waals surface area contributed by atoms with Gasteiger partial charge < -0.3 is 23.4 Å². The standard InChI is InChI=1S/2C16H36N.C2H4O2.CHF3O3S/c2*1-5-9-13-17(14-10-6-2,15-11-7-3)16-12-8-4;1-2(3)4;2-1(3,4)8(5,6)7/h2*5-16H2,1-4H3;1H3,(H,3,4);(H,5,6,7)/q2*+1;;/p-2. The molecule has 0 heterocycles. The molecule has 0 fully saturated rings. The van der Waals surface area contributed by atoms with Crippen LogP contribution in [-0.2, 0) is 14.9 Å². The van der Waals surface area contributed by atoms with Gasteiger partial charge in [0, 0.05) is 5.97 Å². The molecule has 46 heavy (non-hydrogen) atoms. The fourth-order valence-corrected chi connectivity index (χ4v) is 5.29. The molecule has 0 aliphatic rings. The van der Waals surface area contributed by atoms with Crippen molar-refractivity contribution < 1.29 is 45.0 Å². The average Bonchev–Trinajstić information content (AvgIpc) is 2.99. The molecule has 0 saturated carbocycles. The molecule has 7 nitrogen and oxygen atoms in total. The van der Waals surface area contributed by atoms with E-state index < -0.39 is 21.6 Å². The van der Waals surface area contributed by atoms with Crippen molar-refractivity contribution in [2.45, 2.75) is 171 Å². The Morgan fingerprint density at radius 1 is 0.500 bits per heavy atom. The number of carbonyl (C=O) groups excluding carboxylic acids is 1. The Bertz CT molecular complexity index is 651. The molecule has 282 valence electrons. The van der Waals surface area contributed by atoms with Crippen LogP contribution in [0.3, 0.4) is 0 Å². The van der Waals surface area contributed by atoms with Gasteiger partial charge in [-0.25, -0.2) is 8.42 Å². The van der Waals surface area contributed by atoms with Gasteiger partial charge in [-0.2, -0.15) is 13.2 Å². The van der Waals surface area contributed by atoms with Gasteiger partial charge in [0.2, 0.25) is 0 Å². The van der Waals surface area contributed by atoms with Gasteiger partial charge in [0.25, 0.3) is 0 Å². The van der Waals surface area contributed by atoms with Gasteiger partial charge in [0.1, 0.15) is 0 Å². The van der Waals surface area contributed by atoms with Gasteiger partial charge in [-0.3, -0.25) is 0 Å². The lowest BCUT2D eigenvalue weighted by Gasteiger charge is -2.39. The zero-order valence-corrected chi connectivity index (χ0v) is 32.3. The predicted molar refractivity (Wildman–Crippen MR) is 185 cm³/mol. The molecule has 0 aromatic heterocycles. The Kier molecular flexibility index (Phi) is 36.8. The maximum atomic E-state index is 10.7. The normalized spacial score (nSPS) is 11.8. The van der Waals surface area contributed by atoms with E-state index in [0.717, 1.165) is 6.92 Å². The Morgan fingerprint density at radius 2 is 0.609 bits per heavy atom. The molecule has 0 radical (unpaired) electrons. The van der Waals surface area contributed by atoms with E-state index in [1.165, 1.54) is 164 Å². The summed E-state index contributed by atoms with van der Waals surface area (Å²) in [6, 6.07) is 0. The molecule has 0 saturated heterocycles. The maximum absolute atomic E-state index is 10.7. The van der Waals surface area contributed by atoms with E-state index in [9.17, 15) is 13.2 Å². The van der Waals surface area contributed by atoms with E-state index in [-0.39, 0.29) is 0 Å². The first-order valence-electron chi connectivity index (χ1n) is 18.4. The number of carboxylic acid groups (broad SMARTS) is 1. The van der Waals surface area contributed by atoms with E-state index in [4.69, 9.17) is 22.9 Å². The van der Waals surface area contributed by atoms with Crippen molar-refractivity contribution in [2.75, 3.05) is 52.4 Å². The molecular weight excluding hydrogens is 617 g/mol. The molecule has 11 heteroatoms. The van der Waals surface area contributed by atoms with Gasteiger partial charge in [0.15, 0.2) is 10.1 Å². The van der Waals surface area contributed by atoms with Crippen LogP contribution in [0.1, 0.15) is 165 Å². The van der Waals surface area contributed by atoms with E-state index in [0.29, 0.717) is 0 Å². The minimum absolute atomic E-state index is 0.972. The molecule has 0 atom stereocenters. The van der Waals surface area contributed by atoms with Gasteiger partial charge in [-0.1, -0.05) is 107 Å². The average molecular weight is 693 g/mol. The van der Waals surface area contributed by atoms with Crippen LogP contribution in [0.2, 0.25) is 0 Å². The zero-order chi connectivity index (χ0) is 36.5. The molecule has 0 amide bonds. The number of aliphatic carboxylic acids is 1. The Hall–Kier alpha value is -0.910. The first kappa shape index (κ1) is 51.9. The number of carbonyl (C=O) groups is 1. The van der Waals surface area contributed by atoms with Crippen LogP contribution in [0.5, 0.6) is 0 Å². The second kappa shape index (κ2) is 32.6. The lowest BCUT2D eigenvalue weighted by atomic mass is 10.1. The number of nitrogens with zero attached hydrogens (tertiary/aromatic N) is 2. The molecule has 0 aliphatic heterocycles. The van der Waals surface area contributed by atoms with Crippen LogP contribution in [0.4, 0.5) is 13.2 Å². The smallest absolute Gasteiger partial charge is 0.485 e. The third-order valence-electron chi connectivity index (χ3n) is 8.17. The number of carboxylic acids is 1. The van der Waals surface area contributed by atoms with Crippen LogP contribution in [0, 0.1) is 0 Å². The number of hydrogen-bond donors (Lipinski definition) is 0. The molecule has 0 aliphatic carbocycles. The fourth-order valence-electron chi connectivity index (χ4n) is 5.29. The van der Waals surface area contributed by atoms with E-state index in [1.807, 2.05) is 0 Å². The quantitative estimate of drug-likeness (QED) is 0.0572. The van der Waals surface area contributed by atoms with Crippen molar-refractivity contribution in [2.24, 2.45) is 0 Å². The Labute approximate surface area is 283 Å². The number of halogens is 3. The van der Waals surface area contributed by atoms with Crippen LogP contribution >= 0.6 is 0 Å². The first-order valence-corrected chi connectivity index (χ1v) is 19.8. The third-order valence-corrected chi connectivity index (χ3v) is 8.74. The summed E-state index contributed by atoms with van der Waals surface area (Å²) in [5.41, 5.74) is -5.65. The number of quaternary nitrogens is 2. The summed E-state index contributed by atoms with van der Waals surface area (Å²) in [7, 11) is -6.09. The molecular formula is C35H75F3N2O5S. The van der Waals surface area contributed by atoms with E-state index >= 15 is 0 Å². The highest BCUT2D eigenvalue weighted by atomic mass is 32.2. The lowest BCUT2D eigenvalue weighted by Crippen LogP contribution is -2.50. The SMILES string of the molecule is CC(=O)[O-].CCCC[N+](CCCC)(CCCC)CCCC.CCCC[N+](CCCC)(CCCC)CCCC.O=S(=O)([O-])C(F)(F)F. The Balaban J connectivity index is -0.000000285. The topological polar surface area (TPSA) is 97.3 Å². The first-order chi connectivity index (χ1) is 21.5. The van der Waals surface area contributed by atoms with Crippen LogP contribution in [-0.4, -0.2) is 85.8 Å². The van der Waals surface area contributed by atoms with Crippen molar-refractivity contribution >= 4 is 16.1 Å². The summed E-state index contributed by atoms with van der Waals surface area (Å²) in [6.07, 6.45) is 22.1. The molecule has 0 rings (SSSR count). The number of hydrogen-bond acceptors (Lipinski definition) is 5. The van der Waals surface area contributed by atoms with Gasteiger partial charge in [-0.05, 0) is 58.3 Å². The van der Waals surface area contributed by atoms with Gasteiger partial charge in [-0.15, -0.1) is 0 Å². The summed E-state index contributed by atoms with van der Waals surface area (Å²) in [6.45, 7) is 31.0. The van der Waals surface area contributed by atoms with Crippen molar-refractivity contribution in [3.05, 3.63) is 0 Å². The van der Waals surface area contributed by atoms with Crippen LogP contribution in [0.25, 0.3) is 0 Å². The summed E-state index contributed by atoms with van der Waals surface area (Å²) >= 11 is 0. The van der Waals surface area contributed by atoms with Crippen molar-refractivity contribution in [3.63, 3.8) is 0 Å². The monoisotopic (exact) mass is 693 g/mol. The highest BCUT2D eigenvalue weighted by Gasteiger charge is 2.37. The highest BCUT2D eigenvalue weighted by Crippen LogP contribution is 2.20. The van der Waals surface area contributed by atoms with Gasteiger partial charge in [0.05, 0.1) is 52.4 Å². The molecule has 0 unspecified atom stereocenters. The minimum Gasteiger partial charge on any atom is -0.741 e. The van der Waals surface area contributed by atoms with Crippen LogP contribution < -0.4 is 5.11 Å². The second-order valence-corrected chi connectivity index (χ2v) is 14.1. The molecule has 0 aromatic carbocycles. The number of rotatable bonds is 24. The van der Waals surface area contributed by atoms with Crippen molar-refractivity contribution in [1.29, 1.82) is 0 Å². The zero-order valence-electron chi connectivity index (χ0n) is 31.4. The van der Waals surface area contributed by atoms with E-state index in [2.05, 4.69) is 55.4 Å². The highest BCUT2D eigenvalue weighted by molar-refractivity contribution is 7.86. The molecule has 0 bridgehead atoms. The summed E-state index contributed by atoms with van der Waals surface area (Å²) in [5.74, 6) is -1.08. The molecule has 0 spiro atoms. The molecule has 0 aromatic rings. The van der Waals surface area contributed by atoms with Gasteiger partial charge >= 0.3 is 5.51 Å². The minimum atomic E-state index is -6.09. The van der Waals surface area contributed by atoms with E-state index in [1.54, 1.807) is 0 Å². The Morgan fingerprint density at radius 3 is 0.674 bits per heavy atom. The molecule has 0 N–H and O–H groups in total. The summed E-state index contributed by atoms with van der Waals surface area (Å²) in [5, 5.41) is 8.89. The predicted octanol–water partition coefficient (Wildman–Crippen LogP) is 8.81. The van der Waals surface area contributed by atoms with Crippen molar-refractivity contribution in [1.82, 2.24) is 0 Å². The second-order valence-electron chi connectivity index (χ2n) is 12.7. The third kappa shape index (κ3) is 33.0. The van der Waals surface area contributed by atoms with Crippen LogP contribution in [0.15, 0.2) is 0 Å². The lowest BCUT2D eigenvalue weighted by molar-refractivity contribution is -0.929. The summed E-state index contributed by atoms with van der Waals surface area (Å²) < 4.78 is 61.7. The number of alkyl halides is 3. The summed E-state index contributed by atoms with van der Waals surface area (Å²) in [4.78, 5) is 8.89.